The summed E-state index contributed by atoms with van der Waals surface area (Å²) in [6.45, 7) is 1.75. The minimum absolute atomic E-state index is 0.386. The summed E-state index contributed by atoms with van der Waals surface area (Å²) in [7, 11) is 0. The van der Waals surface area contributed by atoms with Crippen molar-refractivity contribution in [3.05, 3.63) is 44.8 Å². The molecule has 2 heterocycles. The molecule has 18 heavy (non-hydrogen) atoms. The van der Waals surface area contributed by atoms with Crippen LogP contribution in [0.2, 0.25) is 0 Å². The van der Waals surface area contributed by atoms with Crippen molar-refractivity contribution in [2.45, 2.75) is 31.5 Å². The average molecular weight is 278 g/mol. The highest BCUT2D eigenvalue weighted by molar-refractivity contribution is 7.10. The van der Waals surface area contributed by atoms with Crippen molar-refractivity contribution >= 4 is 22.7 Å². The first-order valence-corrected chi connectivity index (χ1v) is 8.21. The SMILES string of the molecule is NCC(c1cccs1)N(Cc1ccsc1)C1CC1. The fourth-order valence-electron chi connectivity index (χ4n) is 2.39. The third-order valence-electron chi connectivity index (χ3n) is 3.46. The Kier molecular flexibility index (Phi) is 3.80. The monoisotopic (exact) mass is 278 g/mol. The molecular weight excluding hydrogens is 260 g/mol. The number of thiophene rings is 2. The molecule has 0 spiro atoms. The van der Waals surface area contributed by atoms with Gasteiger partial charge in [0.2, 0.25) is 0 Å². The largest absolute Gasteiger partial charge is 0.329 e. The molecule has 0 aromatic carbocycles. The summed E-state index contributed by atoms with van der Waals surface area (Å²) in [5.74, 6) is 0. The molecule has 2 nitrogen and oxygen atoms in total. The van der Waals surface area contributed by atoms with Gasteiger partial charge in [-0.05, 0) is 46.7 Å². The standard InChI is InChI=1S/C14H18N2S2/c15-8-13(14-2-1-6-18-14)16(12-3-4-12)9-11-5-7-17-10-11/h1-2,5-7,10,12-13H,3-4,8-9,15H2. The summed E-state index contributed by atoms with van der Waals surface area (Å²) in [5.41, 5.74) is 7.45. The van der Waals surface area contributed by atoms with Gasteiger partial charge in [0, 0.05) is 24.0 Å². The van der Waals surface area contributed by atoms with Crippen LogP contribution in [0.15, 0.2) is 34.3 Å². The fraction of sp³-hybridized carbons (Fsp3) is 0.429. The van der Waals surface area contributed by atoms with Crippen molar-refractivity contribution in [2.24, 2.45) is 5.73 Å². The van der Waals surface area contributed by atoms with Gasteiger partial charge in [0.05, 0.1) is 6.04 Å². The zero-order valence-corrected chi connectivity index (χ0v) is 11.9. The highest BCUT2D eigenvalue weighted by atomic mass is 32.1. The van der Waals surface area contributed by atoms with Crippen molar-refractivity contribution in [1.82, 2.24) is 4.90 Å². The summed E-state index contributed by atoms with van der Waals surface area (Å²) < 4.78 is 0. The van der Waals surface area contributed by atoms with Gasteiger partial charge in [-0.25, -0.2) is 0 Å². The number of hydrogen-bond acceptors (Lipinski definition) is 4. The molecule has 1 unspecified atom stereocenters. The van der Waals surface area contributed by atoms with E-state index in [0.29, 0.717) is 12.6 Å². The second-order valence-electron chi connectivity index (χ2n) is 4.80. The molecule has 0 amide bonds. The van der Waals surface area contributed by atoms with Crippen molar-refractivity contribution in [1.29, 1.82) is 0 Å². The number of rotatable bonds is 6. The van der Waals surface area contributed by atoms with Gasteiger partial charge in [-0.1, -0.05) is 6.07 Å². The smallest absolute Gasteiger partial charge is 0.0570 e. The van der Waals surface area contributed by atoms with Crippen LogP contribution in [0.5, 0.6) is 0 Å². The highest BCUT2D eigenvalue weighted by Gasteiger charge is 2.34. The van der Waals surface area contributed by atoms with E-state index < -0.39 is 0 Å². The van der Waals surface area contributed by atoms with Crippen LogP contribution in [0.3, 0.4) is 0 Å². The lowest BCUT2D eigenvalue weighted by molar-refractivity contribution is 0.185. The highest BCUT2D eigenvalue weighted by Crippen LogP contribution is 2.36. The van der Waals surface area contributed by atoms with E-state index in [9.17, 15) is 0 Å². The Hall–Kier alpha value is -0.680. The molecule has 1 aliphatic carbocycles. The fourth-order valence-corrected chi connectivity index (χ4v) is 3.91. The maximum absolute atomic E-state index is 6.03. The van der Waals surface area contributed by atoms with Gasteiger partial charge in [0.25, 0.3) is 0 Å². The molecule has 2 N–H and O–H groups in total. The number of nitrogens with zero attached hydrogens (tertiary/aromatic N) is 1. The minimum Gasteiger partial charge on any atom is -0.329 e. The molecule has 0 saturated heterocycles. The number of nitrogens with two attached hydrogens (primary N) is 1. The van der Waals surface area contributed by atoms with Crippen LogP contribution in [-0.4, -0.2) is 17.5 Å². The van der Waals surface area contributed by atoms with Gasteiger partial charge >= 0.3 is 0 Å². The van der Waals surface area contributed by atoms with Gasteiger partial charge in [0.1, 0.15) is 0 Å². The Morgan fingerprint density at radius 1 is 1.33 bits per heavy atom. The van der Waals surface area contributed by atoms with Crippen molar-refractivity contribution < 1.29 is 0 Å². The lowest BCUT2D eigenvalue weighted by Gasteiger charge is -2.30. The summed E-state index contributed by atoms with van der Waals surface area (Å²) in [6.07, 6.45) is 2.65. The van der Waals surface area contributed by atoms with E-state index in [-0.39, 0.29) is 0 Å². The second kappa shape index (κ2) is 5.53. The van der Waals surface area contributed by atoms with E-state index in [1.165, 1.54) is 23.3 Å². The Morgan fingerprint density at radius 3 is 2.78 bits per heavy atom. The van der Waals surface area contributed by atoms with Gasteiger partial charge < -0.3 is 5.73 Å². The summed E-state index contributed by atoms with van der Waals surface area (Å²) >= 11 is 3.60. The molecule has 1 saturated carbocycles. The number of hydrogen-bond donors (Lipinski definition) is 1. The van der Waals surface area contributed by atoms with Crippen LogP contribution in [0, 0.1) is 0 Å². The molecule has 96 valence electrons. The molecule has 3 rings (SSSR count). The van der Waals surface area contributed by atoms with E-state index >= 15 is 0 Å². The summed E-state index contributed by atoms with van der Waals surface area (Å²) in [6, 6.07) is 7.68. The molecule has 4 heteroatoms. The van der Waals surface area contributed by atoms with Crippen LogP contribution in [0.4, 0.5) is 0 Å². The summed E-state index contributed by atoms with van der Waals surface area (Å²) in [5, 5.41) is 6.55. The lowest BCUT2D eigenvalue weighted by Crippen LogP contribution is -2.34. The van der Waals surface area contributed by atoms with Crippen molar-refractivity contribution in [3.63, 3.8) is 0 Å². The van der Waals surface area contributed by atoms with E-state index in [0.717, 1.165) is 12.6 Å². The Bertz CT molecular complexity index is 460. The maximum Gasteiger partial charge on any atom is 0.0570 e. The van der Waals surface area contributed by atoms with Crippen LogP contribution < -0.4 is 5.73 Å². The van der Waals surface area contributed by atoms with Crippen LogP contribution >= 0.6 is 22.7 Å². The molecule has 2 aromatic rings. The normalized spacial score (nSPS) is 17.2. The molecule has 1 fully saturated rings. The molecule has 2 aromatic heterocycles. The third-order valence-corrected chi connectivity index (χ3v) is 5.16. The molecule has 1 aliphatic rings. The Labute approximate surface area is 116 Å². The Balaban J connectivity index is 1.79. The quantitative estimate of drug-likeness (QED) is 0.876. The predicted molar refractivity (Wildman–Crippen MR) is 79.0 cm³/mol. The second-order valence-corrected chi connectivity index (χ2v) is 6.56. The Morgan fingerprint density at radius 2 is 2.22 bits per heavy atom. The zero-order valence-electron chi connectivity index (χ0n) is 10.3. The first-order chi connectivity index (χ1) is 8.88. The van der Waals surface area contributed by atoms with E-state index in [2.05, 4.69) is 39.2 Å². The predicted octanol–water partition coefficient (Wildman–Crippen LogP) is 3.47. The van der Waals surface area contributed by atoms with Crippen molar-refractivity contribution in [2.75, 3.05) is 6.54 Å². The summed E-state index contributed by atoms with van der Waals surface area (Å²) in [4.78, 5) is 3.99. The van der Waals surface area contributed by atoms with Gasteiger partial charge in [-0.15, -0.1) is 11.3 Å². The van der Waals surface area contributed by atoms with Crippen LogP contribution in [-0.2, 0) is 6.54 Å². The molecule has 0 radical (unpaired) electrons. The third kappa shape index (κ3) is 2.67. The molecule has 0 bridgehead atoms. The van der Waals surface area contributed by atoms with Crippen LogP contribution in [0.25, 0.3) is 0 Å². The van der Waals surface area contributed by atoms with E-state index in [1.54, 1.807) is 11.3 Å². The lowest BCUT2D eigenvalue weighted by atomic mass is 10.1. The molecular formula is C14H18N2S2. The van der Waals surface area contributed by atoms with Gasteiger partial charge in [0.15, 0.2) is 0 Å². The zero-order chi connectivity index (χ0) is 12.4. The maximum atomic E-state index is 6.03. The van der Waals surface area contributed by atoms with E-state index in [1.807, 2.05) is 11.3 Å². The average Bonchev–Trinajstić information content (AvgIpc) is 2.89. The van der Waals surface area contributed by atoms with Gasteiger partial charge in [-0.2, -0.15) is 11.3 Å². The van der Waals surface area contributed by atoms with Crippen molar-refractivity contribution in [3.8, 4) is 0 Å². The van der Waals surface area contributed by atoms with Crippen LogP contribution in [0.1, 0.15) is 29.3 Å². The topological polar surface area (TPSA) is 29.3 Å². The first-order valence-electron chi connectivity index (χ1n) is 6.39. The van der Waals surface area contributed by atoms with Gasteiger partial charge in [-0.3, -0.25) is 4.90 Å². The first kappa shape index (κ1) is 12.4. The van der Waals surface area contributed by atoms with E-state index in [4.69, 9.17) is 5.73 Å². The minimum atomic E-state index is 0.386. The molecule has 0 aliphatic heterocycles. The molecule has 1 atom stereocenters.